The van der Waals surface area contributed by atoms with Crippen LogP contribution in [0.1, 0.15) is 29.0 Å². The molecule has 0 bridgehead atoms. The summed E-state index contributed by atoms with van der Waals surface area (Å²) in [4.78, 5) is 22.5. The van der Waals surface area contributed by atoms with Gasteiger partial charge in [0.15, 0.2) is 5.69 Å². The molecule has 1 aliphatic rings. The number of carbonyl (C=O) groups is 1. The van der Waals surface area contributed by atoms with E-state index in [0.717, 1.165) is 16.8 Å². The van der Waals surface area contributed by atoms with Gasteiger partial charge in [-0.1, -0.05) is 18.2 Å². The first kappa shape index (κ1) is 17.4. The van der Waals surface area contributed by atoms with Gasteiger partial charge in [0.1, 0.15) is 12.1 Å². The highest BCUT2D eigenvalue weighted by Crippen LogP contribution is 2.22. The largest absolute Gasteiger partial charge is 0.448 e. The van der Waals surface area contributed by atoms with Crippen molar-refractivity contribution in [3.63, 3.8) is 0 Å². The van der Waals surface area contributed by atoms with Gasteiger partial charge < -0.3 is 14.4 Å². The van der Waals surface area contributed by atoms with Crippen LogP contribution in [0.4, 0.5) is 4.39 Å². The van der Waals surface area contributed by atoms with Gasteiger partial charge in [-0.05, 0) is 30.7 Å². The lowest BCUT2D eigenvalue weighted by Crippen LogP contribution is -2.60. The number of benzene rings is 1. The van der Waals surface area contributed by atoms with Gasteiger partial charge >= 0.3 is 0 Å². The maximum absolute atomic E-state index is 13.0. The van der Waals surface area contributed by atoms with Crippen molar-refractivity contribution >= 4 is 5.91 Å². The Balaban J connectivity index is 1.43. The molecule has 2 aromatic heterocycles. The Hall–Kier alpha value is -3.06. The minimum atomic E-state index is -0.482. The summed E-state index contributed by atoms with van der Waals surface area (Å²) in [6.07, 6.45) is 2.92. The van der Waals surface area contributed by atoms with E-state index in [0.29, 0.717) is 18.9 Å². The fraction of sp³-hybridized carbons (Fsp3) is 0.250. The van der Waals surface area contributed by atoms with Gasteiger partial charge in [0, 0.05) is 24.0 Å². The van der Waals surface area contributed by atoms with Crippen LogP contribution in [0.2, 0.25) is 0 Å². The molecular formula is C20H18FN3O3. The zero-order chi connectivity index (χ0) is 19.0. The molecule has 1 unspecified atom stereocenters. The molecule has 1 N–H and O–H groups in total. The van der Waals surface area contributed by atoms with Gasteiger partial charge in [-0.3, -0.25) is 9.78 Å². The summed E-state index contributed by atoms with van der Waals surface area (Å²) in [5.74, 6) is -0.128. The third-order valence-corrected chi connectivity index (χ3v) is 4.80. The van der Waals surface area contributed by atoms with Crippen molar-refractivity contribution in [2.45, 2.75) is 25.5 Å². The third kappa shape index (κ3) is 3.46. The number of amides is 1. The molecule has 1 aliphatic heterocycles. The van der Waals surface area contributed by atoms with E-state index >= 15 is 0 Å². The van der Waals surface area contributed by atoms with Crippen LogP contribution in [0.25, 0.3) is 11.1 Å². The molecule has 27 heavy (non-hydrogen) atoms. The van der Waals surface area contributed by atoms with Crippen LogP contribution in [0.5, 0.6) is 0 Å². The molecule has 1 fully saturated rings. The van der Waals surface area contributed by atoms with Gasteiger partial charge in [0.25, 0.3) is 5.91 Å². The number of aliphatic hydroxyl groups excluding tert-OH is 1. The molecule has 4 rings (SSSR count). The maximum atomic E-state index is 13.0. The number of carbonyl (C=O) groups excluding carboxylic acids is 1. The third-order valence-electron chi connectivity index (χ3n) is 4.80. The first-order valence-corrected chi connectivity index (χ1v) is 8.65. The van der Waals surface area contributed by atoms with Crippen molar-refractivity contribution < 1.29 is 18.7 Å². The standard InChI is InChI=1S/C20H18FN3O3/c1-12-18(25)10-24(12)20(26)17-11-27-19(23-17)8-16-7-4-14(9-22-16)13-2-5-15(21)6-3-13/h2-7,9,11-12,18,25H,8,10H2,1H3/t12-,18?/m0/s1. The highest BCUT2D eigenvalue weighted by atomic mass is 19.1. The summed E-state index contributed by atoms with van der Waals surface area (Å²) < 4.78 is 18.4. The zero-order valence-electron chi connectivity index (χ0n) is 14.7. The topological polar surface area (TPSA) is 79.5 Å². The second kappa shape index (κ2) is 6.92. The molecule has 0 radical (unpaired) electrons. The van der Waals surface area contributed by atoms with Crippen LogP contribution in [-0.2, 0) is 6.42 Å². The van der Waals surface area contributed by atoms with Crippen LogP contribution < -0.4 is 0 Å². The predicted molar refractivity (Wildman–Crippen MR) is 95.4 cm³/mol. The molecule has 2 atom stereocenters. The van der Waals surface area contributed by atoms with Gasteiger partial charge in [-0.25, -0.2) is 9.37 Å². The van der Waals surface area contributed by atoms with Crippen LogP contribution in [0.15, 0.2) is 53.3 Å². The van der Waals surface area contributed by atoms with Crippen LogP contribution in [0.3, 0.4) is 0 Å². The second-order valence-electron chi connectivity index (χ2n) is 6.61. The molecule has 138 valence electrons. The summed E-state index contributed by atoms with van der Waals surface area (Å²) >= 11 is 0. The zero-order valence-corrected chi connectivity index (χ0v) is 14.7. The summed E-state index contributed by atoms with van der Waals surface area (Å²) in [5, 5.41) is 9.54. The summed E-state index contributed by atoms with van der Waals surface area (Å²) in [7, 11) is 0. The van der Waals surface area contributed by atoms with Crippen molar-refractivity contribution in [2.75, 3.05) is 6.54 Å². The van der Waals surface area contributed by atoms with E-state index in [1.807, 2.05) is 12.1 Å². The normalized spacial score (nSPS) is 19.0. The Morgan fingerprint density at radius 2 is 2.00 bits per heavy atom. The molecule has 3 heterocycles. The summed E-state index contributed by atoms with van der Waals surface area (Å²) in [6, 6.07) is 9.75. The number of aliphatic hydroxyl groups is 1. The fourth-order valence-electron chi connectivity index (χ4n) is 2.99. The molecule has 7 heteroatoms. The number of oxazole rings is 1. The van der Waals surface area contributed by atoms with E-state index in [2.05, 4.69) is 9.97 Å². The first-order valence-electron chi connectivity index (χ1n) is 8.65. The lowest BCUT2D eigenvalue weighted by atomic mass is 10.0. The Morgan fingerprint density at radius 1 is 1.26 bits per heavy atom. The Kier molecular flexibility index (Phi) is 4.45. The molecule has 0 aliphatic carbocycles. The number of β-amino-alcohol motifs (C(OH)–C–C–N with tert-alkyl or cyclic N) is 1. The number of hydrogen-bond acceptors (Lipinski definition) is 5. The smallest absolute Gasteiger partial charge is 0.276 e. The molecule has 1 amide bonds. The van der Waals surface area contributed by atoms with Gasteiger partial charge in [-0.2, -0.15) is 0 Å². The number of rotatable bonds is 4. The van der Waals surface area contributed by atoms with E-state index < -0.39 is 6.10 Å². The van der Waals surface area contributed by atoms with Crippen molar-refractivity contribution in [1.29, 1.82) is 0 Å². The van der Waals surface area contributed by atoms with Crippen LogP contribution in [0, 0.1) is 5.82 Å². The highest BCUT2D eigenvalue weighted by molar-refractivity contribution is 5.92. The number of likely N-dealkylation sites (tertiary alicyclic amines) is 1. The average Bonchev–Trinajstić information content (AvgIpc) is 3.15. The Morgan fingerprint density at radius 3 is 2.63 bits per heavy atom. The molecule has 0 spiro atoms. The van der Waals surface area contributed by atoms with Crippen molar-refractivity contribution in [2.24, 2.45) is 0 Å². The molecule has 6 nitrogen and oxygen atoms in total. The van der Waals surface area contributed by atoms with E-state index in [1.165, 1.54) is 18.4 Å². The van der Waals surface area contributed by atoms with Crippen molar-refractivity contribution in [1.82, 2.24) is 14.9 Å². The first-order chi connectivity index (χ1) is 13.0. The van der Waals surface area contributed by atoms with E-state index in [4.69, 9.17) is 4.42 Å². The maximum Gasteiger partial charge on any atom is 0.276 e. The highest BCUT2D eigenvalue weighted by Gasteiger charge is 2.38. The molecule has 1 saturated heterocycles. The number of pyridine rings is 1. The molecule has 3 aromatic rings. The minimum absolute atomic E-state index is 0.210. The van der Waals surface area contributed by atoms with E-state index in [1.54, 1.807) is 30.2 Å². The van der Waals surface area contributed by atoms with Gasteiger partial charge in [0.2, 0.25) is 5.89 Å². The lowest BCUT2D eigenvalue weighted by Gasteiger charge is -2.42. The predicted octanol–water partition coefficient (Wildman–Crippen LogP) is 2.67. The number of nitrogens with zero attached hydrogens (tertiary/aromatic N) is 3. The number of halogens is 1. The van der Waals surface area contributed by atoms with Crippen molar-refractivity contribution in [3.05, 3.63) is 72.0 Å². The second-order valence-corrected chi connectivity index (χ2v) is 6.61. The molecule has 1 aromatic carbocycles. The van der Waals surface area contributed by atoms with Crippen LogP contribution in [-0.4, -0.2) is 44.6 Å². The SMILES string of the molecule is C[C@H]1C(O)CN1C(=O)c1coc(Cc2ccc(-c3ccc(F)cc3)cn2)n1. The number of hydrogen-bond donors (Lipinski definition) is 1. The van der Waals surface area contributed by atoms with Gasteiger partial charge in [0.05, 0.1) is 18.6 Å². The Bertz CT molecular complexity index is 953. The molecule has 0 saturated carbocycles. The summed E-state index contributed by atoms with van der Waals surface area (Å²) in [6.45, 7) is 2.11. The van der Waals surface area contributed by atoms with Crippen LogP contribution >= 0.6 is 0 Å². The van der Waals surface area contributed by atoms with Crippen molar-refractivity contribution in [3.8, 4) is 11.1 Å². The number of aromatic nitrogens is 2. The summed E-state index contributed by atoms with van der Waals surface area (Å²) in [5.41, 5.74) is 2.73. The van der Waals surface area contributed by atoms with E-state index in [-0.39, 0.29) is 23.5 Å². The van der Waals surface area contributed by atoms with E-state index in [9.17, 15) is 14.3 Å². The quantitative estimate of drug-likeness (QED) is 0.767. The molecular weight excluding hydrogens is 349 g/mol. The monoisotopic (exact) mass is 367 g/mol. The Labute approximate surface area is 155 Å². The minimum Gasteiger partial charge on any atom is -0.448 e. The average molecular weight is 367 g/mol. The lowest BCUT2D eigenvalue weighted by molar-refractivity contribution is -0.0360. The fourth-order valence-corrected chi connectivity index (χ4v) is 2.99. The van der Waals surface area contributed by atoms with Gasteiger partial charge in [-0.15, -0.1) is 0 Å².